The summed E-state index contributed by atoms with van der Waals surface area (Å²) in [4.78, 5) is 10.1. The molecule has 6 heteroatoms. The molecule has 0 saturated carbocycles. The van der Waals surface area contributed by atoms with Crippen molar-refractivity contribution < 1.29 is 4.74 Å². The van der Waals surface area contributed by atoms with Gasteiger partial charge < -0.3 is 15.4 Å². The van der Waals surface area contributed by atoms with Gasteiger partial charge in [0.1, 0.15) is 11.9 Å². The third kappa shape index (κ3) is 5.85. The molecule has 0 saturated heterocycles. The fraction of sp³-hybridized carbons (Fsp3) is 0.444. The topological polar surface area (TPSA) is 58.5 Å². The minimum absolute atomic E-state index is 0.0424. The Kier molecular flexibility index (Phi) is 7.06. The molecule has 0 aliphatic carbocycles. The Morgan fingerprint density at radius 1 is 1.33 bits per heavy atom. The maximum absolute atomic E-state index is 5.94. The number of guanidine groups is 1. The number of hydrogen-bond donors (Lipinski definition) is 2. The van der Waals surface area contributed by atoms with Gasteiger partial charge in [0, 0.05) is 11.4 Å². The lowest BCUT2D eigenvalue weighted by Crippen LogP contribution is -2.41. The van der Waals surface area contributed by atoms with Crippen molar-refractivity contribution in [2.24, 2.45) is 4.99 Å². The zero-order valence-electron chi connectivity index (χ0n) is 14.8. The average molecular weight is 347 g/mol. The van der Waals surface area contributed by atoms with Crippen LogP contribution in [0.5, 0.6) is 5.75 Å². The Bertz CT molecular complexity index is 669. The van der Waals surface area contributed by atoms with Crippen LogP contribution in [0.15, 0.2) is 34.8 Å². The molecule has 130 valence electrons. The number of aryl methyl sites for hydroxylation is 2. The summed E-state index contributed by atoms with van der Waals surface area (Å²) in [5.74, 6) is 1.69. The second-order valence-corrected chi connectivity index (χ2v) is 6.62. The first-order valence-corrected chi connectivity index (χ1v) is 9.11. The van der Waals surface area contributed by atoms with Crippen LogP contribution in [0.3, 0.4) is 0 Å². The van der Waals surface area contributed by atoms with Gasteiger partial charge in [0.25, 0.3) is 0 Å². The van der Waals surface area contributed by atoms with Crippen LogP contribution in [-0.4, -0.2) is 30.1 Å². The minimum atomic E-state index is 0.0424. The number of benzene rings is 1. The van der Waals surface area contributed by atoms with E-state index in [2.05, 4.69) is 40.5 Å². The predicted molar refractivity (Wildman–Crippen MR) is 101 cm³/mol. The molecule has 0 aliphatic heterocycles. The van der Waals surface area contributed by atoms with Gasteiger partial charge in [0.05, 0.1) is 24.3 Å². The molecule has 0 spiro atoms. The summed E-state index contributed by atoms with van der Waals surface area (Å²) >= 11 is 1.64. The summed E-state index contributed by atoms with van der Waals surface area (Å²) in [6.07, 6.45) is 0.0424. The molecule has 0 amide bonds. The molecule has 24 heavy (non-hydrogen) atoms. The second kappa shape index (κ2) is 9.27. The molecule has 1 aromatic carbocycles. The van der Waals surface area contributed by atoms with Gasteiger partial charge in [-0.3, -0.25) is 0 Å². The molecule has 2 N–H and O–H groups in total. The van der Waals surface area contributed by atoms with Crippen molar-refractivity contribution in [1.82, 2.24) is 15.6 Å². The van der Waals surface area contributed by atoms with Gasteiger partial charge in [-0.25, -0.2) is 9.98 Å². The molecule has 5 nitrogen and oxygen atoms in total. The van der Waals surface area contributed by atoms with Crippen LogP contribution in [0.2, 0.25) is 0 Å². The van der Waals surface area contributed by atoms with Gasteiger partial charge in [0.15, 0.2) is 5.96 Å². The number of ether oxygens (including phenoxy) is 1. The molecule has 2 rings (SSSR count). The number of hydrogen-bond acceptors (Lipinski definition) is 4. The summed E-state index contributed by atoms with van der Waals surface area (Å²) in [5.41, 5.74) is 4.11. The van der Waals surface area contributed by atoms with Crippen LogP contribution in [-0.2, 0) is 6.54 Å². The van der Waals surface area contributed by atoms with E-state index in [-0.39, 0.29) is 6.10 Å². The molecule has 0 radical (unpaired) electrons. The highest BCUT2D eigenvalue weighted by Gasteiger charge is 2.07. The first-order chi connectivity index (χ1) is 11.6. The normalized spacial score (nSPS) is 12.8. The average Bonchev–Trinajstić information content (AvgIpc) is 2.95. The lowest BCUT2D eigenvalue weighted by molar-refractivity contribution is 0.223. The molecular weight excluding hydrogens is 320 g/mol. The second-order valence-electron chi connectivity index (χ2n) is 5.68. The van der Waals surface area contributed by atoms with Gasteiger partial charge in [-0.2, -0.15) is 0 Å². The SMILES string of the molecule is CCNC(=NCc1scnc1C)NCC(C)Oc1cccc(C)c1. The van der Waals surface area contributed by atoms with E-state index in [9.17, 15) is 0 Å². The maximum atomic E-state index is 5.94. The maximum Gasteiger partial charge on any atom is 0.191 e. The number of rotatable bonds is 7. The monoisotopic (exact) mass is 346 g/mol. The van der Waals surface area contributed by atoms with Crippen LogP contribution >= 0.6 is 11.3 Å². The highest BCUT2D eigenvalue weighted by molar-refractivity contribution is 7.09. The number of aromatic nitrogens is 1. The van der Waals surface area contributed by atoms with Crippen LogP contribution in [0.4, 0.5) is 0 Å². The molecular formula is C18H26N4OS. The van der Waals surface area contributed by atoms with Crippen molar-refractivity contribution in [2.45, 2.75) is 40.3 Å². The van der Waals surface area contributed by atoms with E-state index >= 15 is 0 Å². The van der Waals surface area contributed by atoms with Gasteiger partial charge in [-0.05, 0) is 45.4 Å². The third-order valence-corrected chi connectivity index (χ3v) is 4.37. The van der Waals surface area contributed by atoms with Crippen molar-refractivity contribution in [3.8, 4) is 5.75 Å². The standard InChI is InChI=1S/C18H26N4OS/c1-5-19-18(21-11-17-15(4)22-12-24-17)20-10-14(3)23-16-8-6-7-13(2)9-16/h6-9,12,14H,5,10-11H2,1-4H3,(H2,19,20,21). The first-order valence-electron chi connectivity index (χ1n) is 8.23. The van der Waals surface area contributed by atoms with E-state index in [1.807, 2.05) is 37.6 Å². The van der Waals surface area contributed by atoms with E-state index in [0.717, 1.165) is 23.9 Å². The molecule has 2 aromatic rings. The van der Waals surface area contributed by atoms with E-state index in [1.165, 1.54) is 10.4 Å². The number of nitrogens with one attached hydrogen (secondary N) is 2. The summed E-state index contributed by atoms with van der Waals surface area (Å²) in [7, 11) is 0. The fourth-order valence-electron chi connectivity index (χ4n) is 2.17. The van der Waals surface area contributed by atoms with Crippen molar-refractivity contribution >= 4 is 17.3 Å². The quantitative estimate of drug-likeness (QED) is 0.597. The molecule has 0 fully saturated rings. The van der Waals surface area contributed by atoms with Gasteiger partial charge in [0.2, 0.25) is 0 Å². The Labute approximate surface area is 148 Å². The summed E-state index contributed by atoms with van der Waals surface area (Å²) in [6.45, 7) is 10.3. The number of nitrogens with zero attached hydrogens (tertiary/aromatic N) is 2. The van der Waals surface area contributed by atoms with Crippen LogP contribution in [0.25, 0.3) is 0 Å². The molecule has 1 unspecified atom stereocenters. The van der Waals surface area contributed by atoms with E-state index in [4.69, 9.17) is 4.74 Å². The predicted octanol–water partition coefficient (Wildman–Crippen LogP) is 3.28. The third-order valence-electron chi connectivity index (χ3n) is 3.45. The Balaban J connectivity index is 1.87. The minimum Gasteiger partial charge on any atom is -0.489 e. The van der Waals surface area contributed by atoms with Crippen molar-refractivity contribution in [3.05, 3.63) is 45.9 Å². The van der Waals surface area contributed by atoms with E-state index < -0.39 is 0 Å². The van der Waals surface area contributed by atoms with Crippen LogP contribution in [0.1, 0.15) is 30.0 Å². The van der Waals surface area contributed by atoms with Gasteiger partial charge in [-0.1, -0.05) is 12.1 Å². The van der Waals surface area contributed by atoms with Gasteiger partial charge in [-0.15, -0.1) is 11.3 Å². The molecule has 0 bridgehead atoms. The van der Waals surface area contributed by atoms with E-state index in [0.29, 0.717) is 13.1 Å². The zero-order chi connectivity index (χ0) is 17.4. The van der Waals surface area contributed by atoms with Crippen LogP contribution < -0.4 is 15.4 Å². The Hall–Kier alpha value is -2.08. The summed E-state index contributed by atoms with van der Waals surface area (Å²) < 4.78 is 5.94. The van der Waals surface area contributed by atoms with Crippen molar-refractivity contribution in [3.63, 3.8) is 0 Å². The van der Waals surface area contributed by atoms with Crippen molar-refractivity contribution in [2.75, 3.05) is 13.1 Å². The zero-order valence-corrected chi connectivity index (χ0v) is 15.6. The largest absolute Gasteiger partial charge is 0.489 e. The number of thiazole rings is 1. The Morgan fingerprint density at radius 2 is 2.17 bits per heavy atom. The van der Waals surface area contributed by atoms with Crippen molar-refractivity contribution in [1.29, 1.82) is 0 Å². The highest BCUT2D eigenvalue weighted by Crippen LogP contribution is 2.14. The molecule has 1 heterocycles. The number of aliphatic imine (C=N–C) groups is 1. The lowest BCUT2D eigenvalue weighted by atomic mass is 10.2. The highest BCUT2D eigenvalue weighted by atomic mass is 32.1. The first kappa shape index (κ1) is 18.3. The fourth-order valence-corrected chi connectivity index (χ4v) is 2.87. The Morgan fingerprint density at radius 3 is 2.83 bits per heavy atom. The van der Waals surface area contributed by atoms with Crippen LogP contribution in [0, 0.1) is 13.8 Å². The molecule has 1 aromatic heterocycles. The molecule has 0 aliphatic rings. The summed E-state index contributed by atoms with van der Waals surface area (Å²) in [6, 6.07) is 8.10. The lowest BCUT2D eigenvalue weighted by Gasteiger charge is -2.18. The van der Waals surface area contributed by atoms with Gasteiger partial charge >= 0.3 is 0 Å². The summed E-state index contributed by atoms with van der Waals surface area (Å²) in [5, 5.41) is 6.60. The molecule has 1 atom stereocenters. The van der Waals surface area contributed by atoms with E-state index in [1.54, 1.807) is 11.3 Å². The smallest absolute Gasteiger partial charge is 0.191 e.